The molecule has 13 aromatic rings. The van der Waals surface area contributed by atoms with Crippen LogP contribution in [0.3, 0.4) is 0 Å². The van der Waals surface area contributed by atoms with Gasteiger partial charge in [0.2, 0.25) is 0 Å². The van der Waals surface area contributed by atoms with Crippen molar-refractivity contribution in [2.24, 2.45) is 0 Å². The first-order valence-corrected chi connectivity index (χ1v) is 20.1. The molecule has 0 unspecified atom stereocenters. The number of thiophene rings is 2. The molecule has 0 aliphatic carbocycles. The smallest absolute Gasteiger partial charge is 0.0547 e. The molecule has 0 bridgehead atoms. The van der Waals surface area contributed by atoms with E-state index in [9.17, 15) is 0 Å². The van der Waals surface area contributed by atoms with Crippen molar-refractivity contribution in [3.05, 3.63) is 170 Å². The van der Waals surface area contributed by atoms with E-state index < -0.39 is 0 Å². The molecule has 0 aliphatic heterocycles. The van der Waals surface area contributed by atoms with Crippen LogP contribution in [0.2, 0.25) is 0 Å². The fourth-order valence-electron chi connectivity index (χ4n) is 9.25. The highest BCUT2D eigenvalue weighted by Crippen LogP contribution is 2.44. The molecule has 0 saturated heterocycles. The number of hydrogen-bond acceptors (Lipinski definition) is 2. The van der Waals surface area contributed by atoms with Crippen LogP contribution in [0.4, 0.5) is 0 Å². The Morgan fingerprint density at radius 1 is 0.278 bits per heavy atom. The van der Waals surface area contributed by atoms with Gasteiger partial charge in [0, 0.05) is 84.0 Å². The summed E-state index contributed by atoms with van der Waals surface area (Å²) in [6, 6.07) is 63.4. The van der Waals surface area contributed by atoms with E-state index in [-0.39, 0.29) is 0 Å². The highest BCUT2D eigenvalue weighted by atomic mass is 32.1. The number of benzene rings is 9. The van der Waals surface area contributed by atoms with Crippen molar-refractivity contribution in [1.82, 2.24) is 9.13 Å². The molecule has 4 aromatic heterocycles. The molecule has 0 fully saturated rings. The molecule has 9 aromatic carbocycles. The van der Waals surface area contributed by atoms with Gasteiger partial charge >= 0.3 is 0 Å². The summed E-state index contributed by atoms with van der Waals surface area (Å²) >= 11 is 3.81. The third-order valence-corrected chi connectivity index (χ3v) is 14.1. The number of aromatic nitrogens is 2. The van der Waals surface area contributed by atoms with Crippen LogP contribution in [0.1, 0.15) is 0 Å². The fraction of sp³-hybridized carbons (Fsp3) is 0. The first kappa shape index (κ1) is 29.0. The van der Waals surface area contributed by atoms with Crippen molar-refractivity contribution in [3.63, 3.8) is 0 Å². The summed E-state index contributed by atoms with van der Waals surface area (Å²) in [6.45, 7) is 0. The molecule has 0 spiro atoms. The van der Waals surface area contributed by atoms with Crippen LogP contribution >= 0.6 is 22.7 Å². The minimum Gasteiger partial charge on any atom is -0.309 e. The zero-order chi connectivity index (χ0) is 35.1. The monoisotopic (exact) mass is 720 g/mol. The maximum atomic E-state index is 2.48. The quantitative estimate of drug-likeness (QED) is 0.168. The Morgan fingerprint density at radius 2 is 0.778 bits per heavy atom. The lowest BCUT2D eigenvalue weighted by molar-refractivity contribution is 1.17. The van der Waals surface area contributed by atoms with Gasteiger partial charge in [0.1, 0.15) is 0 Å². The van der Waals surface area contributed by atoms with Crippen LogP contribution in [0.15, 0.2) is 170 Å². The minimum absolute atomic E-state index is 1.17. The molecule has 0 N–H and O–H groups in total. The molecule has 2 nitrogen and oxygen atoms in total. The summed E-state index contributed by atoms with van der Waals surface area (Å²) in [5.74, 6) is 0. The molecular formula is C50H28N2S2. The van der Waals surface area contributed by atoms with Gasteiger partial charge in [-0.15, -0.1) is 22.7 Å². The molecule has 13 rings (SSSR count). The van der Waals surface area contributed by atoms with Crippen LogP contribution in [0.5, 0.6) is 0 Å². The SMILES string of the molecule is c1ccc(-n2c3ccc(-n4c5ccccc5c5cc6c(ccc7c8ccccc8sc67)cc54)cc3c3cc4c(ccc5c6ccccc6sc45)cc32)cc1. The van der Waals surface area contributed by atoms with E-state index >= 15 is 0 Å². The zero-order valence-corrected chi connectivity index (χ0v) is 30.5. The number of fused-ring (bicyclic) bond motifs is 16. The van der Waals surface area contributed by atoms with Crippen molar-refractivity contribution in [2.45, 2.75) is 0 Å². The fourth-order valence-corrected chi connectivity index (χ4v) is 11.7. The van der Waals surface area contributed by atoms with Gasteiger partial charge in [0.25, 0.3) is 0 Å². The Hall–Kier alpha value is -6.46. The first-order valence-electron chi connectivity index (χ1n) is 18.4. The van der Waals surface area contributed by atoms with Crippen LogP contribution in [-0.4, -0.2) is 9.13 Å². The lowest BCUT2D eigenvalue weighted by Crippen LogP contribution is -1.95. The predicted octanol–water partition coefficient (Wildman–Crippen LogP) is 14.9. The van der Waals surface area contributed by atoms with Gasteiger partial charge < -0.3 is 9.13 Å². The Morgan fingerprint density at radius 3 is 1.43 bits per heavy atom. The van der Waals surface area contributed by atoms with Gasteiger partial charge in [0.15, 0.2) is 0 Å². The summed E-state index contributed by atoms with van der Waals surface area (Å²) in [6.07, 6.45) is 0. The van der Waals surface area contributed by atoms with E-state index in [1.165, 1.54) is 117 Å². The van der Waals surface area contributed by atoms with Crippen LogP contribution in [0, 0.1) is 0 Å². The number of hydrogen-bond donors (Lipinski definition) is 0. The Kier molecular flexibility index (Phi) is 5.69. The topological polar surface area (TPSA) is 9.86 Å². The van der Waals surface area contributed by atoms with Gasteiger partial charge in [-0.3, -0.25) is 0 Å². The van der Waals surface area contributed by atoms with Crippen LogP contribution in [0.25, 0.3) is 117 Å². The van der Waals surface area contributed by atoms with Gasteiger partial charge in [0.05, 0.1) is 22.1 Å². The highest BCUT2D eigenvalue weighted by Gasteiger charge is 2.20. The second-order valence-corrected chi connectivity index (χ2v) is 16.6. The second kappa shape index (κ2) is 10.6. The molecule has 250 valence electrons. The molecule has 0 aliphatic rings. The maximum absolute atomic E-state index is 2.48. The second-order valence-electron chi connectivity index (χ2n) is 14.5. The van der Waals surface area contributed by atoms with Gasteiger partial charge in [-0.25, -0.2) is 0 Å². The minimum atomic E-state index is 1.17. The normalized spacial score (nSPS) is 12.4. The Bertz CT molecular complexity index is 3730. The zero-order valence-electron chi connectivity index (χ0n) is 28.9. The standard InChI is InChI=1S/C50H28N2S2/c1-2-10-31(11-3-1)51-44-23-20-32(26-40(44)42-28-39-30(25-46(42)51)19-22-37-35-14-6-9-17-48(35)54-50(37)39)52-43-15-7-4-12-33(43)41-27-38-29(24-45(41)52)18-21-36-34-13-5-8-16-47(34)53-49(36)38/h1-28H. The van der Waals surface area contributed by atoms with E-state index in [1.54, 1.807) is 0 Å². The highest BCUT2D eigenvalue weighted by molar-refractivity contribution is 7.27. The summed E-state index contributed by atoms with van der Waals surface area (Å²) in [4.78, 5) is 0. The molecule has 4 heterocycles. The van der Waals surface area contributed by atoms with Crippen molar-refractivity contribution in [1.29, 1.82) is 0 Å². The van der Waals surface area contributed by atoms with Crippen molar-refractivity contribution in [2.75, 3.05) is 0 Å². The van der Waals surface area contributed by atoms with Gasteiger partial charge in [-0.05, 0) is 83.6 Å². The van der Waals surface area contributed by atoms with E-state index in [4.69, 9.17) is 0 Å². The van der Waals surface area contributed by atoms with Crippen molar-refractivity contribution < 1.29 is 0 Å². The van der Waals surface area contributed by atoms with Gasteiger partial charge in [-0.2, -0.15) is 0 Å². The number of rotatable bonds is 2. The summed E-state index contributed by atoms with van der Waals surface area (Å²) < 4.78 is 10.3. The average molecular weight is 721 g/mol. The third kappa shape index (κ3) is 3.83. The molecule has 0 radical (unpaired) electrons. The van der Waals surface area contributed by atoms with Crippen molar-refractivity contribution in [3.8, 4) is 11.4 Å². The molecule has 0 amide bonds. The molecule has 54 heavy (non-hydrogen) atoms. The van der Waals surface area contributed by atoms with E-state index in [1.807, 2.05) is 22.7 Å². The van der Waals surface area contributed by atoms with Crippen LogP contribution < -0.4 is 0 Å². The molecular weight excluding hydrogens is 693 g/mol. The largest absolute Gasteiger partial charge is 0.309 e. The maximum Gasteiger partial charge on any atom is 0.0547 e. The predicted molar refractivity (Wildman–Crippen MR) is 236 cm³/mol. The Labute approximate surface area is 316 Å². The Balaban J connectivity index is 1.12. The number of nitrogens with zero attached hydrogens (tertiary/aromatic N) is 2. The summed E-state index contributed by atoms with van der Waals surface area (Å²) in [5.41, 5.74) is 7.22. The lowest BCUT2D eigenvalue weighted by atomic mass is 10.0. The van der Waals surface area contributed by atoms with E-state index in [0.29, 0.717) is 0 Å². The molecule has 0 saturated carbocycles. The third-order valence-electron chi connectivity index (χ3n) is 11.7. The summed E-state index contributed by atoms with van der Waals surface area (Å²) in [5, 5.41) is 15.6. The van der Waals surface area contributed by atoms with E-state index in [0.717, 1.165) is 0 Å². The van der Waals surface area contributed by atoms with Crippen molar-refractivity contribution >= 4 is 128 Å². The number of para-hydroxylation sites is 2. The summed E-state index contributed by atoms with van der Waals surface area (Å²) in [7, 11) is 0. The average Bonchev–Trinajstić information content (AvgIpc) is 3.97. The molecule has 4 heteroatoms. The van der Waals surface area contributed by atoms with Gasteiger partial charge in [-0.1, -0.05) is 97.1 Å². The molecule has 0 atom stereocenters. The lowest BCUT2D eigenvalue weighted by Gasteiger charge is -2.11. The van der Waals surface area contributed by atoms with E-state index in [2.05, 4.69) is 179 Å². The first-order chi connectivity index (χ1) is 26.8. The van der Waals surface area contributed by atoms with Crippen LogP contribution in [-0.2, 0) is 0 Å².